The summed E-state index contributed by atoms with van der Waals surface area (Å²) in [5.74, 6) is -4.78. The number of nitrogens with one attached hydrogen (secondary N) is 2. The first-order valence-corrected chi connectivity index (χ1v) is 14.7. The van der Waals surface area contributed by atoms with Crippen molar-refractivity contribution in [2.75, 3.05) is 6.61 Å². The molecule has 2 aliphatic rings. The monoisotopic (exact) mass is 665 g/mol. The highest BCUT2D eigenvalue weighted by Crippen LogP contribution is 2.43. The van der Waals surface area contributed by atoms with Crippen LogP contribution in [0.15, 0.2) is 30.7 Å². The Bertz CT molecular complexity index is 1520. The van der Waals surface area contributed by atoms with Gasteiger partial charge in [0.1, 0.15) is 5.69 Å². The number of carbonyl (C=O) groups excluding carboxylic acids is 2. The van der Waals surface area contributed by atoms with Crippen molar-refractivity contribution in [3.8, 4) is 0 Å². The average Bonchev–Trinajstić information content (AvgIpc) is 3.54. The topological polar surface area (TPSA) is 115 Å². The molecule has 18 heteroatoms. The van der Waals surface area contributed by atoms with Gasteiger partial charge in [0.25, 0.3) is 5.91 Å². The van der Waals surface area contributed by atoms with Crippen molar-refractivity contribution in [1.29, 1.82) is 0 Å². The van der Waals surface area contributed by atoms with Gasteiger partial charge in [-0.1, -0.05) is 0 Å². The van der Waals surface area contributed by atoms with E-state index in [0.29, 0.717) is 5.56 Å². The van der Waals surface area contributed by atoms with Gasteiger partial charge < -0.3 is 10.6 Å². The Morgan fingerprint density at radius 2 is 1.70 bits per heavy atom. The lowest BCUT2D eigenvalue weighted by molar-refractivity contribution is -0.325. The van der Waals surface area contributed by atoms with Gasteiger partial charge in [-0.15, -0.1) is 13.2 Å². The van der Waals surface area contributed by atoms with Gasteiger partial charge >= 0.3 is 12.5 Å². The van der Waals surface area contributed by atoms with Gasteiger partial charge in [-0.3, -0.25) is 19.0 Å². The minimum Gasteiger partial charge on any atom is -0.349 e. The van der Waals surface area contributed by atoms with Crippen LogP contribution in [0, 0.1) is 11.8 Å². The Morgan fingerprint density at radius 3 is 2.35 bits per heavy atom. The second kappa shape index (κ2) is 13.1. The van der Waals surface area contributed by atoms with Gasteiger partial charge in [-0.05, 0) is 55.2 Å². The van der Waals surface area contributed by atoms with E-state index in [1.54, 1.807) is 6.07 Å². The van der Waals surface area contributed by atoms with Crippen molar-refractivity contribution >= 4 is 17.5 Å². The number of rotatable bonds is 12. The summed E-state index contributed by atoms with van der Waals surface area (Å²) in [7, 11) is 0. The number of alkyl halides is 8. The van der Waals surface area contributed by atoms with Gasteiger partial charge in [0.2, 0.25) is 11.8 Å². The van der Waals surface area contributed by atoms with Gasteiger partial charge in [-0.25, -0.2) is 18.3 Å². The normalized spacial score (nSPS) is 18.8. The number of aromatic nitrogens is 5. The van der Waals surface area contributed by atoms with Crippen LogP contribution in [0.5, 0.6) is 0 Å². The molecule has 5 rings (SSSR count). The predicted octanol–water partition coefficient (Wildman–Crippen LogP) is 5.67. The zero-order valence-electron chi connectivity index (χ0n) is 24.3. The molecule has 0 bridgehead atoms. The van der Waals surface area contributed by atoms with E-state index in [2.05, 4.69) is 30.6 Å². The lowest BCUT2D eigenvalue weighted by atomic mass is 9.81. The maximum Gasteiger partial charge on any atom is 0.522 e. The molecule has 3 heterocycles. The second-order valence-corrected chi connectivity index (χ2v) is 11.6. The number of fused-ring (bicyclic) bond motifs is 1. The van der Waals surface area contributed by atoms with Gasteiger partial charge in [0, 0.05) is 25.5 Å². The van der Waals surface area contributed by atoms with E-state index in [-0.39, 0.29) is 42.3 Å². The van der Waals surface area contributed by atoms with Crippen molar-refractivity contribution in [3.05, 3.63) is 47.7 Å². The largest absolute Gasteiger partial charge is 0.522 e. The third kappa shape index (κ3) is 8.91. The van der Waals surface area contributed by atoms with Crippen LogP contribution >= 0.6 is 0 Å². The van der Waals surface area contributed by atoms with E-state index >= 15 is 0 Å². The summed E-state index contributed by atoms with van der Waals surface area (Å²) in [4.78, 5) is 30.3. The number of hydrogen-bond donors (Lipinski definition) is 2. The van der Waals surface area contributed by atoms with E-state index in [1.165, 1.54) is 29.2 Å². The van der Waals surface area contributed by atoms with Crippen molar-refractivity contribution in [2.24, 2.45) is 11.8 Å². The summed E-state index contributed by atoms with van der Waals surface area (Å²) in [5, 5.41) is 13.7. The van der Waals surface area contributed by atoms with Gasteiger partial charge in [-0.2, -0.15) is 23.4 Å². The van der Waals surface area contributed by atoms with E-state index in [0.717, 1.165) is 17.5 Å². The fourth-order valence-electron chi connectivity index (χ4n) is 5.63. The van der Waals surface area contributed by atoms with Crippen LogP contribution in [0.3, 0.4) is 0 Å². The molecular formula is C28H31F8N7O3. The summed E-state index contributed by atoms with van der Waals surface area (Å²) < 4.78 is 109. The zero-order valence-corrected chi connectivity index (χ0v) is 24.3. The molecule has 10 nitrogen and oxygen atoms in total. The standard InChI is InChI=1S/C28H31F8N7O3/c29-26(30)7-3-17(4-8-26)24(41-25(45)20-6-10-37-42(20)11-12-46-28(34,35)36)19-15-43-21(39-19)13-18(14-38-43)23(16-1-2-16)40-22(44)5-9-27(31,32)33/h6,10,13-17,23-24H,1-5,7-9,11-12H2,(H,40,44)(H,41,45)/t23?,24-/m0/s1. The highest BCUT2D eigenvalue weighted by molar-refractivity contribution is 5.92. The number of hydrogen-bond acceptors (Lipinski definition) is 6. The molecule has 2 aliphatic carbocycles. The van der Waals surface area contributed by atoms with Crippen molar-refractivity contribution in [1.82, 2.24) is 35.0 Å². The van der Waals surface area contributed by atoms with Crippen LogP contribution in [0.25, 0.3) is 5.65 Å². The van der Waals surface area contributed by atoms with Crippen LogP contribution < -0.4 is 10.6 Å². The molecule has 252 valence electrons. The number of carbonyl (C=O) groups is 2. The van der Waals surface area contributed by atoms with Crippen molar-refractivity contribution in [2.45, 2.75) is 88.5 Å². The third-order valence-electron chi connectivity index (χ3n) is 8.12. The minimum atomic E-state index is -4.86. The molecule has 3 aromatic rings. The number of amides is 2. The molecule has 0 saturated heterocycles. The Labute approximate surface area is 256 Å². The summed E-state index contributed by atoms with van der Waals surface area (Å²) in [5.41, 5.74) is 1.03. The van der Waals surface area contributed by atoms with Crippen LogP contribution in [0.4, 0.5) is 35.1 Å². The van der Waals surface area contributed by atoms with Crippen molar-refractivity contribution < 1.29 is 49.4 Å². The minimum absolute atomic E-state index is 0.0100. The Morgan fingerprint density at radius 1 is 1.00 bits per heavy atom. The molecule has 3 aromatic heterocycles. The number of imidazole rings is 1. The third-order valence-corrected chi connectivity index (χ3v) is 8.12. The first kappa shape index (κ1) is 33.5. The number of ether oxygens (including phenoxy) is 1. The molecule has 1 unspecified atom stereocenters. The highest BCUT2D eigenvalue weighted by Gasteiger charge is 2.40. The fraction of sp³-hybridized carbons (Fsp3) is 0.607. The van der Waals surface area contributed by atoms with E-state index in [4.69, 9.17) is 0 Å². The lowest BCUT2D eigenvalue weighted by Gasteiger charge is -2.33. The van der Waals surface area contributed by atoms with E-state index in [9.17, 15) is 44.7 Å². The second-order valence-electron chi connectivity index (χ2n) is 11.6. The summed E-state index contributed by atoms with van der Waals surface area (Å²) >= 11 is 0. The molecular weight excluding hydrogens is 634 g/mol. The van der Waals surface area contributed by atoms with Crippen LogP contribution in [-0.4, -0.2) is 61.3 Å². The first-order valence-electron chi connectivity index (χ1n) is 14.7. The summed E-state index contributed by atoms with van der Waals surface area (Å²) in [6, 6.07) is 1.45. The maximum absolute atomic E-state index is 14.0. The molecule has 0 spiro atoms. The molecule has 2 fully saturated rings. The Balaban J connectivity index is 1.37. The molecule has 2 amide bonds. The van der Waals surface area contributed by atoms with Crippen LogP contribution in [0.2, 0.25) is 0 Å². The molecule has 0 aliphatic heterocycles. The molecule has 2 saturated carbocycles. The summed E-state index contributed by atoms with van der Waals surface area (Å²) in [6.45, 7) is -1.18. The summed E-state index contributed by atoms with van der Waals surface area (Å²) in [6.07, 6.45) is -6.30. The van der Waals surface area contributed by atoms with Crippen LogP contribution in [-0.2, 0) is 16.1 Å². The Kier molecular flexibility index (Phi) is 9.56. The first-order chi connectivity index (χ1) is 21.6. The number of halogens is 8. The molecule has 46 heavy (non-hydrogen) atoms. The zero-order chi connectivity index (χ0) is 33.3. The fourth-order valence-corrected chi connectivity index (χ4v) is 5.63. The number of nitrogens with zero attached hydrogens (tertiary/aromatic N) is 5. The maximum atomic E-state index is 14.0. The molecule has 0 radical (unpaired) electrons. The van der Waals surface area contributed by atoms with Gasteiger partial charge in [0.05, 0.1) is 49.7 Å². The highest BCUT2D eigenvalue weighted by atomic mass is 19.4. The van der Waals surface area contributed by atoms with E-state index < -0.39 is 80.6 Å². The van der Waals surface area contributed by atoms with Crippen LogP contribution in [0.1, 0.15) is 85.2 Å². The SMILES string of the molecule is O=C(CCC(F)(F)F)NC(c1cnn2cc([C@@H](NC(=O)c3ccnn3CCOC(F)(F)F)C3CCC(F)(F)CC3)nc2c1)C1CC1. The predicted molar refractivity (Wildman–Crippen MR) is 143 cm³/mol. The Hall–Kier alpha value is -3.83. The molecule has 0 aromatic carbocycles. The van der Waals surface area contributed by atoms with Gasteiger partial charge in [0.15, 0.2) is 5.65 Å². The smallest absolute Gasteiger partial charge is 0.349 e. The lowest BCUT2D eigenvalue weighted by Crippen LogP contribution is -2.38. The molecule has 2 N–H and O–H groups in total. The quantitative estimate of drug-likeness (QED) is 0.241. The van der Waals surface area contributed by atoms with Crippen molar-refractivity contribution in [3.63, 3.8) is 0 Å². The molecule has 2 atom stereocenters. The van der Waals surface area contributed by atoms with E-state index in [1.807, 2.05) is 0 Å². The average molecular weight is 666 g/mol.